The average Bonchev–Trinajstić information content (AvgIpc) is 3.18. The van der Waals surface area contributed by atoms with Gasteiger partial charge in [0.25, 0.3) is 5.91 Å². The number of hydrogen-bond acceptors (Lipinski definition) is 5. The molecule has 0 saturated heterocycles. The molecule has 0 fully saturated rings. The Bertz CT molecular complexity index is 1030. The Morgan fingerprint density at radius 1 is 0.889 bits per heavy atom. The lowest BCUT2D eigenvalue weighted by Gasteiger charge is -2.07. The van der Waals surface area contributed by atoms with Gasteiger partial charge in [-0.05, 0) is 29.8 Å². The molecule has 0 saturated carbocycles. The molecule has 0 atom stereocenters. The minimum atomic E-state index is -0.249. The van der Waals surface area contributed by atoms with Crippen molar-refractivity contribution in [2.24, 2.45) is 0 Å². The van der Waals surface area contributed by atoms with Crippen LogP contribution in [0.4, 0.5) is 5.95 Å². The molecular formula is C21H17N5O. The van der Waals surface area contributed by atoms with E-state index in [9.17, 15) is 4.79 Å². The lowest BCUT2D eigenvalue weighted by atomic mass is 10.2. The van der Waals surface area contributed by atoms with Gasteiger partial charge in [0, 0.05) is 18.3 Å². The van der Waals surface area contributed by atoms with Crippen LogP contribution in [0.2, 0.25) is 0 Å². The fourth-order valence-corrected chi connectivity index (χ4v) is 2.65. The van der Waals surface area contributed by atoms with Gasteiger partial charge in [-0.25, -0.2) is 0 Å². The van der Waals surface area contributed by atoms with E-state index in [4.69, 9.17) is 0 Å². The summed E-state index contributed by atoms with van der Waals surface area (Å²) in [7, 11) is 0. The van der Waals surface area contributed by atoms with Gasteiger partial charge in [-0.2, -0.15) is 9.67 Å². The summed E-state index contributed by atoms with van der Waals surface area (Å²) in [6.07, 6.45) is 1.67. The summed E-state index contributed by atoms with van der Waals surface area (Å²) in [5.41, 5.74) is 2.23. The average molecular weight is 355 g/mol. The Hall–Kier alpha value is -3.80. The van der Waals surface area contributed by atoms with Gasteiger partial charge in [0.05, 0.1) is 0 Å². The number of benzene rings is 2. The minimum Gasteiger partial charge on any atom is -0.350 e. The van der Waals surface area contributed by atoms with Crippen molar-refractivity contribution in [2.75, 3.05) is 5.32 Å². The highest BCUT2D eigenvalue weighted by Gasteiger charge is 2.19. The lowest BCUT2D eigenvalue weighted by molar-refractivity contribution is 0.0947. The molecule has 6 nitrogen and oxygen atoms in total. The topological polar surface area (TPSA) is 72.7 Å². The van der Waals surface area contributed by atoms with E-state index in [1.54, 1.807) is 18.3 Å². The van der Waals surface area contributed by atoms with Crippen molar-refractivity contribution in [1.82, 2.24) is 19.7 Å². The Balaban J connectivity index is 1.69. The SMILES string of the molecule is O=C(c1ccccc1)n1nc(-c2ccccn2)nc1NCc1ccccc1. The summed E-state index contributed by atoms with van der Waals surface area (Å²) >= 11 is 0. The highest BCUT2D eigenvalue weighted by atomic mass is 16.2. The van der Waals surface area contributed by atoms with E-state index in [1.165, 1.54) is 4.68 Å². The summed E-state index contributed by atoms with van der Waals surface area (Å²) in [6.45, 7) is 0.531. The zero-order valence-electron chi connectivity index (χ0n) is 14.5. The second-order valence-electron chi connectivity index (χ2n) is 5.90. The van der Waals surface area contributed by atoms with Gasteiger partial charge in [-0.3, -0.25) is 9.78 Å². The lowest BCUT2D eigenvalue weighted by Crippen LogP contribution is -2.17. The monoisotopic (exact) mass is 355 g/mol. The number of pyridine rings is 1. The molecule has 0 spiro atoms. The predicted molar refractivity (Wildman–Crippen MR) is 103 cm³/mol. The zero-order valence-corrected chi connectivity index (χ0v) is 14.5. The normalized spacial score (nSPS) is 10.5. The highest BCUT2D eigenvalue weighted by Crippen LogP contribution is 2.17. The summed E-state index contributed by atoms with van der Waals surface area (Å²) < 4.78 is 1.29. The summed E-state index contributed by atoms with van der Waals surface area (Å²) in [5, 5.41) is 7.61. The second-order valence-corrected chi connectivity index (χ2v) is 5.90. The fourth-order valence-electron chi connectivity index (χ4n) is 2.65. The van der Waals surface area contributed by atoms with Crippen molar-refractivity contribution < 1.29 is 4.79 Å². The van der Waals surface area contributed by atoms with Gasteiger partial charge >= 0.3 is 0 Å². The van der Waals surface area contributed by atoms with Crippen molar-refractivity contribution in [2.45, 2.75) is 6.54 Å². The van der Waals surface area contributed by atoms with Crippen molar-refractivity contribution >= 4 is 11.9 Å². The van der Waals surface area contributed by atoms with E-state index >= 15 is 0 Å². The molecular weight excluding hydrogens is 338 g/mol. The molecule has 4 rings (SSSR count). The maximum absolute atomic E-state index is 12.9. The van der Waals surface area contributed by atoms with Crippen LogP contribution >= 0.6 is 0 Å². The third kappa shape index (κ3) is 3.74. The molecule has 2 aromatic carbocycles. The van der Waals surface area contributed by atoms with Crippen LogP contribution in [0.15, 0.2) is 85.1 Å². The van der Waals surface area contributed by atoms with Crippen LogP contribution in [0.25, 0.3) is 11.5 Å². The third-order valence-corrected chi connectivity index (χ3v) is 4.01. The fraction of sp³-hybridized carbons (Fsp3) is 0.0476. The van der Waals surface area contributed by atoms with Crippen molar-refractivity contribution in [3.05, 3.63) is 96.2 Å². The number of aromatic nitrogens is 4. The van der Waals surface area contributed by atoms with E-state index in [0.29, 0.717) is 29.6 Å². The van der Waals surface area contributed by atoms with Gasteiger partial charge in [0.1, 0.15) is 5.69 Å². The quantitative estimate of drug-likeness (QED) is 0.592. The minimum absolute atomic E-state index is 0.249. The molecule has 1 N–H and O–H groups in total. The second kappa shape index (κ2) is 7.61. The molecule has 0 aliphatic heterocycles. The van der Waals surface area contributed by atoms with Crippen LogP contribution in [-0.4, -0.2) is 25.7 Å². The number of nitrogens with one attached hydrogen (secondary N) is 1. The Morgan fingerprint density at radius 2 is 1.59 bits per heavy atom. The zero-order chi connectivity index (χ0) is 18.5. The first kappa shape index (κ1) is 16.7. The number of carbonyl (C=O) groups is 1. The molecule has 2 heterocycles. The number of rotatable bonds is 5. The molecule has 0 amide bonds. The van der Waals surface area contributed by atoms with Crippen LogP contribution < -0.4 is 5.32 Å². The molecule has 4 aromatic rings. The molecule has 0 aliphatic carbocycles. The van der Waals surface area contributed by atoms with Crippen LogP contribution in [0.1, 0.15) is 15.9 Å². The molecule has 6 heteroatoms. The Morgan fingerprint density at radius 3 is 2.30 bits per heavy atom. The number of carbonyl (C=O) groups excluding carboxylic acids is 1. The van der Waals surface area contributed by atoms with Crippen LogP contribution in [-0.2, 0) is 6.54 Å². The molecule has 2 aromatic heterocycles. The number of hydrogen-bond donors (Lipinski definition) is 1. The standard InChI is InChI=1S/C21H17N5O/c27-20(17-11-5-2-6-12-17)26-21(23-15-16-9-3-1-4-10-16)24-19(25-26)18-13-7-8-14-22-18/h1-14H,15H2,(H,23,24,25). The molecule has 132 valence electrons. The first-order chi connectivity index (χ1) is 13.3. The van der Waals surface area contributed by atoms with E-state index in [0.717, 1.165) is 5.56 Å². The highest BCUT2D eigenvalue weighted by molar-refractivity contribution is 5.97. The van der Waals surface area contributed by atoms with E-state index in [1.807, 2.05) is 66.7 Å². The van der Waals surface area contributed by atoms with Crippen molar-refractivity contribution in [1.29, 1.82) is 0 Å². The largest absolute Gasteiger partial charge is 0.350 e. The van der Waals surface area contributed by atoms with Gasteiger partial charge in [-0.1, -0.05) is 54.6 Å². The smallest absolute Gasteiger partial charge is 0.281 e. The molecule has 0 aliphatic rings. The van der Waals surface area contributed by atoms with Crippen LogP contribution in [0.3, 0.4) is 0 Å². The summed E-state index contributed by atoms with van der Waals surface area (Å²) in [6, 6.07) is 24.4. The third-order valence-electron chi connectivity index (χ3n) is 4.01. The summed E-state index contributed by atoms with van der Waals surface area (Å²) in [4.78, 5) is 21.7. The number of anilines is 1. The van der Waals surface area contributed by atoms with Gasteiger partial charge in [0.2, 0.25) is 11.8 Å². The van der Waals surface area contributed by atoms with Crippen molar-refractivity contribution in [3.63, 3.8) is 0 Å². The Kier molecular flexibility index (Phi) is 4.70. The molecule has 27 heavy (non-hydrogen) atoms. The van der Waals surface area contributed by atoms with Gasteiger partial charge < -0.3 is 5.32 Å². The predicted octanol–water partition coefficient (Wildman–Crippen LogP) is 3.64. The molecule has 0 unspecified atom stereocenters. The molecule has 0 bridgehead atoms. The van der Waals surface area contributed by atoms with Crippen molar-refractivity contribution in [3.8, 4) is 11.5 Å². The first-order valence-corrected chi connectivity index (χ1v) is 8.57. The van der Waals surface area contributed by atoms with Crippen LogP contribution in [0.5, 0.6) is 0 Å². The maximum Gasteiger partial charge on any atom is 0.281 e. The van der Waals surface area contributed by atoms with E-state index in [2.05, 4.69) is 20.4 Å². The van der Waals surface area contributed by atoms with E-state index < -0.39 is 0 Å². The first-order valence-electron chi connectivity index (χ1n) is 8.57. The summed E-state index contributed by atoms with van der Waals surface area (Å²) in [5.74, 6) is 0.532. The van der Waals surface area contributed by atoms with Crippen LogP contribution in [0, 0.1) is 0 Å². The number of nitrogens with zero attached hydrogens (tertiary/aromatic N) is 4. The molecule has 0 radical (unpaired) electrons. The van der Waals surface area contributed by atoms with Gasteiger partial charge in [0.15, 0.2) is 0 Å². The maximum atomic E-state index is 12.9. The van der Waals surface area contributed by atoms with Gasteiger partial charge in [-0.15, -0.1) is 5.10 Å². The van der Waals surface area contributed by atoms with E-state index in [-0.39, 0.29) is 5.91 Å². The Labute approximate surface area is 156 Å².